The van der Waals surface area contributed by atoms with Gasteiger partial charge in [0.15, 0.2) is 0 Å². The molecule has 0 bridgehead atoms. The molecule has 3 aromatic rings. The summed E-state index contributed by atoms with van der Waals surface area (Å²) in [6.07, 6.45) is 6.41. The maximum absolute atomic E-state index is 12.9. The van der Waals surface area contributed by atoms with Gasteiger partial charge in [0.05, 0.1) is 12.8 Å². The zero-order valence-electron chi connectivity index (χ0n) is 17.5. The van der Waals surface area contributed by atoms with Crippen molar-refractivity contribution in [2.45, 2.75) is 12.8 Å². The Morgan fingerprint density at radius 1 is 1.06 bits per heavy atom. The lowest BCUT2D eigenvalue weighted by Gasteiger charge is -2.30. The third-order valence-corrected chi connectivity index (χ3v) is 5.61. The molecule has 1 fully saturated rings. The second-order valence-electron chi connectivity index (χ2n) is 7.55. The van der Waals surface area contributed by atoms with Crippen LogP contribution in [0, 0.1) is 5.92 Å². The molecule has 6 heteroatoms. The third-order valence-electron chi connectivity index (χ3n) is 5.61. The molecule has 0 spiro atoms. The first-order valence-corrected chi connectivity index (χ1v) is 10.4. The average molecular weight is 415 g/mol. The topological polar surface area (TPSA) is 71.5 Å². The van der Waals surface area contributed by atoms with Gasteiger partial charge in [-0.2, -0.15) is 0 Å². The molecule has 2 aromatic carbocycles. The van der Waals surface area contributed by atoms with Crippen molar-refractivity contribution in [1.29, 1.82) is 0 Å². The van der Waals surface area contributed by atoms with Gasteiger partial charge in [-0.05, 0) is 48.7 Å². The van der Waals surface area contributed by atoms with Crippen LogP contribution < -0.4 is 10.1 Å². The van der Waals surface area contributed by atoms with E-state index in [0.29, 0.717) is 37.2 Å². The van der Waals surface area contributed by atoms with Crippen molar-refractivity contribution in [2.24, 2.45) is 5.92 Å². The fraction of sp³-hybridized carbons (Fsp3) is 0.240. The predicted octanol–water partition coefficient (Wildman–Crippen LogP) is 4.13. The van der Waals surface area contributed by atoms with Gasteiger partial charge in [0, 0.05) is 36.7 Å². The Bertz CT molecular complexity index is 1100. The number of benzene rings is 2. The quantitative estimate of drug-likeness (QED) is 0.636. The number of hydrogen-bond donors (Lipinski definition) is 1. The van der Waals surface area contributed by atoms with Crippen LogP contribution in [0.4, 0.5) is 5.69 Å². The molecule has 1 saturated heterocycles. The number of likely N-dealkylation sites (tertiary alicyclic amines) is 1. The van der Waals surface area contributed by atoms with Gasteiger partial charge in [-0.3, -0.25) is 14.6 Å². The number of nitrogens with one attached hydrogen (secondary N) is 1. The largest absolute Gasteiger partial charge is 0.494 e. The van der Waals surface area contributed by atoms with Crippen LogP contribution in [0.2, 0.25) is 0 Å². The van der Waals surface area contributed by atoms with E-state index in [9.17, 15) is 9.59 Å². The molecule has 0 saturated carbocycles. The van der Waals surface area contributed by atoms with Gasteiger partial charge in [-0.25, -0.2) is 0 Å². The first-order chi connectivity index (χ1) is 15.2. The van der Waals surface area contributed by atoms with Crippen LogP contribution in [-0.4, -0.2) is 41.9 Å². The average Bonchev–Trinajstić information content (AvgIpc) is 2.83. The number of anilines is 1. The highest BCUT2D eigenvalue weighted by atomic mass is 16.5. The van der Waals surface area contributed by atoms with Crippen LogP contribution in [0.25, 0.3) is 17.0 Å². The molecule has 31 heavy (non-hydrogen) atoms. The van der Waals surface area contributed by atoms with Crippen molar-refractivity contribution < 1.29 is 14.3 Å². The summed E-state index contributed by atoms with van der Waals surface area (Å²) in [5, 5.41) is 3.89. The van der Waals surface area contributed by atoms with Gasteiger partial charge in [0.2, 0.25) is 11.8 Å². The SMILES string of the molecule is COc1ccc(NC(=O)C2CCN(C(=O)/C=C/c3ccccc3)CC2)c2cccnc12. The van der Waals surface area contributed by atoms with Gasteiger partial charge < -0.3 is 15.0 Å². The predicted molar refractivity (Wildman–Crippen MR) is 122 cm³/mol. The Morgan fingerprint density at radius 3 is 2.58 bits per heavy atom. The number of carbonyl (C=O) groups excluding carboxylic acids is 2. The van der Waals surface area contributed by atoms with Crippen LogP contribution >= 0.6 is 0 Å². The van der Waals surface area contributed by atoms with Crippen LogP contribution in [0.15, 0.2) is 66.9 Å². The number of amides is 2. The number of methoxy groups -OCH3 is 1. The number of pyridine rings is 1. The number of fused-ring (bicyclic) bond motifs is 1. The Morgan fingerprint density at radius 2 is 1.84 bits per heavy atom. The zero-order valence-corrected chi connectivity index (χ0v) is 17.5. The Kier molecular flexibility index (Phi) is 6.26. The molecule has 158 valence electrons. The number of ether oxygens (including phenoxy) is 1. The summed E-state index contributed by atoms with van der Waals surface area (Å²) < 4.78 is 5.37. The summed E-state index contributed by atoms with van der Waals surface area (Å²) in [6.45, 7) is 1.14. The van der Waals surface area contributed by atoms with Gasteiger partial charge >= 0.3 is 0 Å². The lowest BCUT2D eigenvalue weighted by molar-refractivity contribution is -0.130. The summed E-state index contributed by atoms with van der Waals surface area (Å²) in [5.74, 6) is 0.497. The van der Waals surface area contributed by atoms with E-state index in [-0.39, 0.29) is 17.7 Å². The van der Waals surface area contributed by atoms with Crippen molar-refractivity contribution in [3.63, 3.8) is 0 Å². The fourth-order valence-electron chi connectivity index (χ4n) is 3.85. The van der Waals surface area contributed by atoms with E-state index < -0.39 is 0 Å². The monoisotopic (exact) mass is 415 g/mol. The maximum Gasteiger partial charge on any atom is 0.246 e. The van der Waals surface area contributed by atoms with E-state index in [1.54, 1.807) is 24.3 Å². The molecule has 4 rings (SSSR count). The lowest BCUT2D eigenvalue weighted by Crippen LogP contribution is -2.40. The van der Waals surface area contributed by atoms with Gasteiger partial charge in [0.25, 0.3) is 0 Å². The molecule has 1 N–H and O–H groups in total. The lowest BCUT2D eigenvalue weighted by atomic mass is 9.95. The van der Waals surface area contributed by atoms with Crippen molar-refractivity contribution >= 4 is 34.5 Å². The minimum Gasteiger partial charge on any atom is -0.494 e. The smallest absolute Gasteiger partial charge is 0.246 e. The first-order valence-electron chi connectivity index (χ1n) is 10.4. The molecular formula is C25H25N3O3. The van der Waals surface area contributed by atoms with Crippen molar-refractivity contribution in [2.75, 3.05) is 25.5 Å². The van der Waals surface area contributed by atoms with Gasteiger partial charge in [-0.1, -0.05) is 30.3 Å². The molecule has 1 aromatic heterocycles. The van der Waals surface area contributed by atoms with E-state index >= 15 is 0 Å². The molecule has 0 unspecified atom stereocenters. The highest BCUT2D eigenvalue weighted by Gasteiger charge is 2.27. The highest BCUT2D eigenvalue weighted by molar-refractivity contribution is 6.03. The Labute approximate surface area is 181 Å². The highest BCUT2D eigenvalue weighted by Crippen LogP contribution is 2.30. The van der Waals surface area contributed by atoms with Crippen molar-refractivity contribution in [1.82, 2.24) is 9.88 Å². The fourth-order valence-corrected chi connectivity index (χ4v) is 3.85. The second kappa shape index (κ2) is 9.43. The first kappa shape index (κ1) is 20.6. The van der Waals surface area contributed by atoms with E-state index in [1.807, 2.05) is 60.7 Å². The van der Waals surface area contributed by atoms with E-state index in [2.05, 4.69) is 10.3 Å². The second-order valence-corrected chi connectivity index (χ2v) is 7.55. The molecule has 2 amide bonds. The third kappa shape index (κ3) is 4.74. The van der Waals surface area contributed by atoms with Crippen molar-refractivity contribution in [3.8, 4) is 5.75 Å². The molecule has 1 aliphatic heterocycles. The minimum absolute atomic E-state index is 0.0186. The van der Waals surface area contributed by atoms with E-state index in [1.165, 1.54) is 0 Å². The van der Waals surface area contributed by atoms with Crippen LogP contribution in [-0.2, 0) is 9.59 Å². The summed E-state index contributed by atoms with van der Waals surface area (Å²) >= 11 is 0. The standard InChI is InChI=1S/C25H25N3O3/c1-31-22-11-10-21(20-8-5-15-26-24(20)22)27-25(30)19-13-16-28(17-14-19)23(29)12-9-18-6-3-2-4-7-18/h2-12,15,19H,13-14,16-17H2,1H3,(H,27,30)/b12-9+. The minimum atomic E-state index is -0.129. The molecule has 0 radical (unpaired) electrons. The van der Waals surface area contributed by atoms with Gasteiger partial charge in [-0.15, -0.1) is 0 Å². The molecule has 1 aliphatic rings. The Hall–Kier alpha value is -3.67. The van der Waals surface area contributed by atoms with Crippen molar-refractivity contribution in [3.05, 3.63) is 72.4 Å². The summed E-state index contributed by atoms with van der Waals surface area (Å²) in [7, 11) is 1.60. The van der Waals surface area contributed by atoms with E-state index in [4.69, 9.17) is 4.74 Å². The number of aromatic nitrogens is 1. The molecule has 0 atom stereocenters. The number of piperidine rings is 1. The van der Waals surface area contributed by atoms with Crippen LogP contribution in [0.3, 0.4) is 0 Å². The zero-order chi connectivity index (χ0) is 21.6. The number of nitrogens with zero attached hydrogens (tertiary/aromatic N) is 2. The van der Waals surface area contributed by atoms with Crippen LogP contribution in [0.1, 0.15) is 18.4 Å². The normalized spacial score (nSPS) is 14.7. The van der Waals surface area contributed by atoms with Gasteiger partial charge in [0.1, 0.15) is 11.3 Å². The summed E-state index contributed by atoms with van der Waals surface area (Å²) in [6, 6.07) is 17.1. The maximum atomic E-state index is 12.9. The molecule has 2 heterocycles. The van der Waals surface area contributed by atoms with Crippen LogP contribution in [0.5, 0.6) is 5.75 Å². The summed E-state index contributed by atoms with van der Waals surface area (Å²) in [5.41, 5.74) is 2.43. The molecular weight excluding hydrogens is 390 g/mol. The Balaban J connectivity index is 1.36. The number of hydrogen-bond acceptors (Lipinski definition) is 4. The summed E-state index contributed by atoms with van der Waals surface area (Å²) in [4.78, 5) is 31.5. The molecule has 0 aliphatic carbocycles. The molecule has 6 nitrogen and oxygen atoms in total. The number of rotatable bonds is 5. The van der Waals surface area contributed by atoms with E-state index in [0.717, 1.165) is 16.6 Å². The number of carbonyl (C=O) groups is 2.